The van der Waals surface area contributed by atoms with E-state index in [2.05, 4.69) is 10.3 Å². The predicted molar refractivity (Wildman–Crippen MR) is 97.3 cm³/mol. The van der Waals surface area contributed by atoms with E-state index in [-0.39, 0.29) is 12.1 Å². The molecule has 1 atom stereocenters. The highest BCUT2D eigenvalue weighted by Gasteiger charge is 2.22. The zero-order valence-corrected chi connectivity index (χ0v) is 14.2. The minimum absolute atomic E-state index is 0.145. The molecule has 0 bridgehead atoms. The van der Waals surface area contributed by atoms with Crippen LogP contribution < -0.4 is 10.1 Å². The van der Waals surface area contributed by atoms with Crippen LogP contribution in [0.2, 0.25) is 0 Å². The number of ether oxygens (including phenoxy) is 1. The van der Waals surface area contributed by atoms with E-state index >= 15 is 0 Å². The Labute approximate surface area is 150 Å². The van der Waals surface area contributed by atoms with Crippen LogP contribution in [0.5, 0.6) is 5.75 Å². The lowest BCUT2D eigenvalue weighted by Gasteiger charge is -2.15. The number of aliphatic carboxylic acids is 1. The molecule has 1 heterocycles. The summed E-state index contributed by atoms with van der Waals surface area (Å²) in [6.45, 7) is 0. The molecule has 0 aliphatic carbocycles. The van der Waals surface area contributed by atoms with E-state index in [9.17, 15) is 14.7 Å². The van der Waals surface area contributed by atoms with Gasteiger partial charge in [-0.05, 0) is 29.8 Å². The summed E-state index contributed by atoms with van der Waals surface area (Å²) < 4.78 is 5.14. The van der Waals surface area contributed by atoms with Gasteiger partial charge in [0.2, 0.25) is 0 Å². The average molecular weight is 350 g/mol. The summed E-state index contributed by atoms with van der Waals surface area (Å²) in [6.07, 6.45) is 0.145. The Balaban J connectivity index is 1.77. The van der Waals surface area contributed by atoms with Gasteiger partial charge in [0.25, 0.3) is 5.91 Å². The Bertz CT molecular complexity index is 955. The number of rotatable bonds is 6. The molecular formula is C20H18N2O4. The second-order valence-electron chi connectivity index (χ2n) is 5.81. The van der Waals surface area contributed by atoms with Crippen molar-refractivity contribution in [2.24, 2.45) is 0 Å². The molecule has 0 fully saturated rings. The van der Waals surface area contributed by atoms with Gasteiger partial charge in [0.05, 0.1) is 12.6 Å². The second-order valence-corrected chi connectivity index (χ2v) is 5.81. The molecule has 0 aliphatic rings. The third kappa shape index (κ3) is 3.97. The number of para-hydroxylation sites is 1. The van der Waals surface area contributed by atoms with Crippen molar-refractivity contribution >= 4 is 22.8 Å². The maximum absolute atomic E-state index is 12.5. The highest BCUT2D eigenvalue weighted by atomic mass is 16.5. The molecule has 0 unspecified atom stereocenters. The minimum Gasteiger partial charge on any atom is -0.497 e. The Hall–Kier alpha value is -3.41. The van der Waals surface area contributed by atoms with Gasteiger partial charge < -0.3 is 15.2 Å². The molecule has 6 heteroatoms. The van der Waals surface area contributed by atoms with Gasteiger partial charge in [0.1, 0.15) is 17.5 Å². The highest BCUT2D eigenvalue weighted by Crippen LogP contribution is 2.15. The summed E-state index contributed by atoms with van der Waals surface area (Å²) in [7, 11) is 1.54. The lowest BCUT2D eigenvalue weighted by molar-refractivity contribution is -0.139. The number of aromatic nitrogens is 1. The first-order valence-corrected chi connectivity index (χ1v) is 8.09. The van der Waals surface area contributed by atoms with Gasteiger partial charge in [-0.3, -0.25) is 4.79 Å². The zero-order valence-electron chi connectivity index (χ0n) is 14.2. The maximum atomic E-state index is 12.5. The Kier molecular flexibility index (Phi) is 5.12. The van der Waals surface area contributed by atoms with Crippen LogP contribution in [-0.2, 0) is 11.2 Å². The number of carboxylic acids is 1. The van der Waals surface area contributed by atoms with E-state index in [0.29, 0.717) is 11.3 Å². The molecule has 0 spiro atoms. The predicted octanol–water partition coefficient (Wildman–Crippen LogP) is 2.67. The summed E-state index contributed by atoms with van der Waals surface area (Å²) in [5.41, 5.74) is 1.61. The van der Waals surface area contributed by atoms with Gasteiger partial charge in [-0.1, -0.05) is 36.4 Å². The lowest BCUT2D eigenvalue weighted by atomic mass is 10.1. The van der Waals surface area contributed by atoms with E-state index in [4.69, 9.17) is 4.74 Å². The fourth-order valence-corrected chi connectivity index (χ4v) is 2.66. The largest absolute Gasteiger partial charge is 0.497 e. The number of carboxylic acid groups (broad SMARTS) is 1. The van der Waals surface area contributed by atoms with E-state index in [1.165, 1.54) is 0 Å². The number of pyridine rings is 1. The van der Waals surface area contributed by atoms with Gasteiger partial charge in [-0.25, -0.2) is 9.78 Å². The third-order valence-electron chi connectivity index (χ3n) is 4.01. The molecule has 0 saturated heterocycles. The molecule has 1 aromatic heterocycles. The Morgan fingerprint density at radius 3 is 2.69 bits per heavy atom. The first-order chi connectivity index (χ1) is 12.6. The van der Waals surface area contributed by atoms with Crippen LogP contribution >= 0.6 is 0 Å². The quantitative estimate of drug-likeness (QED) is 0.713. The lowest BCUT2D eigenvalue weighted by Crippen LogP contribution is -2.42. The number of carbonyl (C=O) groups excluding carboxylic acids is 1. The molecule has 6 nitrogen and oxygen atoms in total. The monoisotopic (exact) mass is 350 g/mol. The van der Waals surface area contributed by atoms with Gasteiger partial charge >= 0.3 is 5.97 Å². The third-order valence-corrected chi connectivity index (χ3v) is 4.01. The fraction of sp³-hybridized carbons (Fsp3) is 0.150. The van der Waals surface area contributed by atoms with Crippen molar-refractivity contribution in [1.29, 1.82) is 0 Å². The van der Waals surface area contributed by atoms with Crippen molar-refractivity contribution in [2.45, 2.75) is 12.5 Å². The summed E-state index contributed by atoms with van der Waals surface area (Å²) in [4.78, 5) is 28.3. The number of carbonyl (C=O) groups is 2. The number of nitrogens with one attached hydrogen (secondary N) is 1. The number of fused-ring (bicyclic) bond motifs is 1. The fourth-order valence-electron chi connectivity index (χ4n) is 2.66. The van der Waals surface area contributed by atoms with Crippen LogP contribution in [0.1, 0.15) is 16.1 Å². The molecule has 26 heavy (non-hydrogen) atoms. The van der Waals surface area contributed by atoms with Gasteiger partial charge in [0, 0.05) is 11.8 Å². The van der Waals surface area contributed by atoms with Crippen LogP contribution in [0.15, 0.2) is 60.7 Å². The molecule has 132 valence electrons. The van der Waals surface area contributed by atoms with Gasteiger partial charge in [-0.2, -0.15) is 0 Å². The van der Waals surface area contributed by atoms with Crippen molar-refractivity contribution in [2.75, 3.05) is 7.11 Å². The number of amides is 1. The molecular weight excluding hydrogens is 332 g/mol. The van der Waals surface area contributed by atoms with Crippen molar-refractivity contribution in [3.8, 4) is 5.75 Å². The summed E-state index contributed by atoms with van der Waals surface area (Å²) in [6, 6.07) is 16.8. The topological polar surface area (TPSA) is 88.5 Å². The van der Waals surface area contributed by atoms with E-state index < -0.39 is 17.9 Å². The molecule has 3 aromatic rings. The number of methoxy groups -OCH3 is 1. The van der Waals surface area contributed by atoms with Gasteiger partial charge in [0.15, 0.2) is 0 Å². The smallest absolute Gasteiger partial charge is 0.326 e. The van der Waals surface area contributed by atoms with E-state index in [1.807, 2.05) is 18.2 Å². The average Bonchev–Trinajstić information content (AvgIpc) is 2.67. The van der Waals surface area contributed by atoms with Crippen molar-refractivity contribution in [1.82, 2.24) is 10.3 Å². The molecule has 0 radical (unpaired) electrons. The molecule has 1 amide bonds. The van der Waals surface area contributed by atoms with E-state index in [0.717, 1.165) is 10.9 Å². The number of nitrogens with zero attached hydrogens (tertiary/aromatic N) is 1. The van der Waals surface area contributed by atoms with E-state index in [1.54, 1.807) is 49.6 Å². The SMILES string of the molecule is COc1cccc(C[C@H](NC(=O)c2ccc3ccccc3n2)C(=O)O)c1. The van der Waals surface area contributed by atoms with Crippen LogP contribution in [0.3, 0.4) is 0 Å². The number of benzene rings is 2. The van der Waals surface area contributed by atoms with Crippen LogP contribution in [-0.4, -0.2) is 35.1 Å². The molecule has 0 saturated carbocycles. The first-order valence-electron chi connectivity index (χ1n) is 8.09. The van der Waals surface area contributed by atoms with Crippen molar-refractivity contribution in [3.05, 3.63) is 71.9 Å². The zero-order chi connectivity index (χ0) is 18.5. The summed E-state index contributed by atoms with van der Waals surface area (Å²) in [5, 5.41) is 12.9. The highest BCUT2D eigenvalue weighted by molar-refractivity contribution is 5.97. The Morgan fingerprint density at radius 2 is 1.92 bits per heavy atom. The maximum Gasteiger partial charge on any atom is 0.326 e. The number of hydrogen-bond acceptors (Lipinski definition) is 4. The van der Waals surface area contributed by atoms with Crippen LogP contribution in [0, 0.1) is 0 Å². The van der Waals surface area contributed by atoms with Crippen molar-refractivity contribution < 1.29 is 19.4 Å². The standard InChI is InChI=1S/C20H18N2O4/c1-26-15-7-4-5-13(11-15)12-18(20(24)25)22-19(23)17-10-9-14-6-2-3-8-16(14)21-17/h2-11,18H,12H2,1H3,(H,22,23)(H,24,25)/t18-/m0/s1. The number of hydrogen-bond donors (Lipinski definition) is 2. The van der Waals surface area contributed by atoms with Gasteiger partial charge in [-0.15, -0.1) is 0 Å². The molecule has 3 rings (SSSR count). The minimum atomic E-state index is -1.11. The molecule has 0 aliphatic heterocycles. The normalized spacial score (nSPS) is 11.7. The first kappa shape index (κ1) is 17.4. The Morgan fingerprint density at radius 1 is 1.12 bits per heavy atom. The molecule has 2 aromatic carbocycles. The van der Waals surface area contributed by atoms with Crippen LogP contribution in [0.4, 0.5) is 0 Å². The van der Waals surface area contributed by atoms with Crippen molar-refractivity contribution in [3.63, 3.8) is 0 Å². The molecule has 2 N–H and O–H groups in total. The summed E-state index contributed by atoms with van der Waals surface area (Å²) in [5.74, 6) is -0.998. The summed E-state index contributed by atoms with van der Waals surface area (Å²) >= 11 is 0. The van der Waals surface area contributed by atoms with Crippen LogP contribution in [0.25, 0.3) is 10.9 Å². The second kappa shape index (κ2) is 7.65.